The lowest BCUT2D eigenvalue weighted by Crippen LogP contribution is -2.40. The van der Waals surface area contributed by atoms with Crippen LogP contribution in [0.25, 0.3) is 0 Å². The molecule has 1 aliphatic carbocycles. The van der Waals surface area contributed by atoms with Crippen LogP contribution < -0.4 is 0 Å². The van der Waals surface area contributed by atoms with Gasteiger partial charge in [0, 0.05) is 32.2 Å². The van der Waals surface area contributed by atoms with E-state index in [1.807, 2.05) is 0 Å². The van der Waals surface area contributed by atoms with Crippen molar-refractivity contribution >= 4 is 5.91 Å². The van der Waals surface area contributed by atoms with Crippen molar-refractivity contribution in [2.75, 3.05) is 26.2 Å². The molecule has 0 aromatic heterocycles. The van der Waals surface area contributed by atoms with Gasteiger partial charge in [-0.25, -0.2) is 0 Å². The summed E-state index contributed by atoms with van der Waals surface area (Å²) < 4.78 is 0. The molecule has 0 saturated carbocycles. The van der Waals surface area contributed by atoms with Crippen molar-refractivity contribution in [1.82, 2.24) is 9.80 Å². The van der Waals surface area contributed by atoms with E-state index >= 15 is 0 Å². The molecule has 1 heterocycles. The number of phenolic OH excluding ortho intramolecular Hbond substituents is 2. The molecule has 0 atom stereocenters. The van der Waals surface area contributed by atoms with Crippen LogP contribution in [0.2, 0.25) is 0 Å². The lowest BCUT2D eigenvalue weighted by Gasteiger charge is -2.27. The highest BCUT2D eigenvalue weighted by Crippen LogP contribution is 2.29. The second kappa shape index (κ2) is 7.00. The zero-order chi connectivity index (χ0) is 18.1. The minimum absolute atomic E-state index is 0.00854. The SMILES string of the molecule is O=C(c1c(O)cccc1O)N1CCCN(C2Cc3ccccc3C2)CC1. The van der Waals surface area contributed by atoms with Crippen molar-refractivity contribution in [3.8, 4) is 11.5 Å². The van der Waals surface area contributed by atoms with Gasteiger partial charge in [0.1, 0.15) is 17.1 Å². The molecule has 2 aliphatic rings. The van der Waals surface area contributed by atoms with E-state index in [4.69, 9.17) is 0 Å². The minimum atomic E-state index is -0.294. The van der Waals surface area contributed by atoms with E-state index in [2.05, 4.69) is 29.2 Å². The fourth-order valence-electron chi connectivity index (χ4n) is 4.21. The topological polar surface area (TPSA) is 64.0 Å². The molecule has 1 saturated heterocycles. The minimum Gasteiger partial charge on any atom is -0.507 e. The first-order chi connectivity index (χ1) is 12.6. The third-order valence-electron chi connectivity index (χ3n) is 5.60. The Morgan fingerprint density at radius 2 is 1.50 bits per heavy atom. The van der Waals surface area contributed by atoms with Crippen LogP contribution in [0, 0.1) is 0 Å². The molecule has 0 radical (unpaired) electrons. The van der Waals surface area contributed by atoms with Crippen LogP contribution in [0.3, 0.4) is 0 Å². The first-order valence-electron chi connectivity index (χ1n) is 9.24. The van der Waals surface area contributed by atoms with E-state index in [-0.39, 0.29) is 23.0 Å². The molecular formula is C21H24N2O3. The zero-order valence-corrected chi connectivity index (χ0v) is 14.8. The first-order valence-corrected chi connectivity index (χ1v) is 9.24. The standard InChI is InChI=1S/C21H24N2O3/c24-18-7-3-8-19(25)20(18)21(26)23-10-4-9-22(11-12-23)17-13-15-5-1-2-6-16(15)14-17/h1-3,5-8,17,24-25H,4,9-14H2. The van der Waals surface area contributed by atoms with Crippen LogP contribution in [-0.2, 0) is 12.8 Å². The van der Waals surface area contributed by atoms with Gasteiger partial charge in [0.25, 0.3) is 5.91 Å². The number of amides is 1. The van der Waals surface area contributed by atoms with Gasteiger partial charge < -0.3 is 15.1 Å². The van der Waals surface area contributed by atoms with Crippen molar-refractivity contribution in [3.63, 3.8) is 0 Å². The third-order valence-corrected chi connectivity index (χ3v) is 5.60. The number of rotatable bonds is 2. The number of aromatic hydroxyl groups is 2. The Hall–Kier alpha value is -2.53. The van der Waals surface area contributed by atoms with Crippen LogP contribution in [0.15, 0.2) is 42.5 Å². The van der Waals surface area contributed by atoms with Crippen molar-refractivity contribution in [2.24, 2.45) is 0 Å². The number of carbonyl (C=O) groups excluding carboxylic acids is 1. The number of benzene rings is 2. The van der Waals surface area contributed by atoms with Gasteiger partial charge in [0.2, 0.25) is 0 Å². The van der Waals surface area contributed by atoms with E-state index in [0.29, 0.717) is 19.1 Å². The van der Waals surface area contributed by atoms with Crippen molar-refractivity contribution in [2.45, 2.75) is 25.3 Å². The summed E-state index contributed by atoms with van der Waals surface area (Å²) in [5, 5.41) is 19.9. The second-order valence-electron chi connectivity index (χ2n) is 7.18. The molecule has 1 amide bonds. The maximum atomic E-state index is 12.8. The number of hydrogen-bond acceptors (Lipinski definition) is 4. The first kappa shape index (κ1) is 16.9. The molecule has 2 aromatic rings. The predicted octanol–water partition coefficient (Wildman–Crippen LogP) is 2.41. The summed E-state index contributed by atoms with van der Waals surface area (Å²) in [7, 11) is 0. The Morgan fingerprint density at radius 1 is 0.846 bits per heavy atom. The number of nitrogens with zero attached hydrogens (tertiary/aromatic N) is 2. The highest BCUT2D eigenvalue weighted by atomic mass is 16.3. The Morgan fingerprint density at radius 3 is 2.15 bits per heavy atom. The van der Waals surface area contributed by atoms with Crippen LogP contribution in [-0.4, -0.2) is 58.1 Å². The van der Waals surface area contributed by atoms with Crippen molar-refractivity contribution < 1.29 is 15.0 Å². The average molecular weight is 352 g/mol. The quantitative estimate of drug-likeness (QED) is 0.871. The van der Waals surface area contributed by atoms with Gasteiger partial charge in [-0.2, -0.15) is 0 Å². The number of hydrogen-bond donors (Lipinski definition) is 2. The van der Waals surface area contributed by atoms with E-state index in [9.17, 15) is 15.0 Å². The fourth-order valence-corrected chi connectivity index (χ4v) is 4.21. The summed E-state index contributed by atoms with van der Waals surface area (Å²) in [6.45, 7) is 3.04. The molecule has 2 N–H and O–H groups in total. The van der Waals surface area contributed by atoms with Crippen molar-refractivity contribution in [1.29, 1.82) is 0 Å². The molecule has 4 rings (SSSR count). The maximum absolute atomic E-state index is 12.8. The Bertz CT molecular complexity index is 775. The van der Waals surface area contributed by atoms with Gasteiger partial charge in [-0.05, 0) is 42.5 Å². The molecule has 5 nitrogen and oxygen atoms in total. The fraction of sp³-hybridized carbons (Fsp3) is 0.381. The Balaban J connectivity index is 1.44. The van der Waals surface area contributed by atoms with Gasteiger partial charge in [-0.1, -0.05) is 30.3 Å². The highest BCUT2D eigenvalue weighted by molar-refractivity contribution is 5.99. The largest absolute Gasteiger partial charge is 0.507 e. The lowest BCUT2D eigenvalue weighted by molar-refractivity contribution is 0.0752. The molecule has 5 heteroatoms. The van der Waals surface area contributed by atoms with Crippen LogP contribution in [0.5, 0.6) is 11.5 Å². The van der Waals surface area contributed by atoms with Gasteiger partial charge in [-0.15, -0.1) is 0 Å². The zero-order valence-electron chi connectivity index (χ0n) is 14.8. The summed E-state index contributed by atoms with van der Waals surface area (Å²) in [6, 6.07) is 13.5. The summed E-state index contributed by atoms with van der Waals surface area (Å²) in [5.74, 6) is -0.623. The molecule has 136 valence electrons. The monoisotopic (exact) mass is 352 g/mol. The average Bonchev–Trinajstić information content (AvgIpc) is 2.90. The predicted molar refractivity (Wildman–Crippen MR) is 99.5 cm³/mol. The molecule has 1 fully saturated rings. The summed E-state index contributed by atoms with van der Waals surface area (Å²) in [6.07, 6.45) is 3.04. The third kappa shape index (κ3) is 3.15. The van der Waals surface area contributed by atoms with E-state index in [0.717, 1.165) is 32.4 Å². The summed E-state index contributed by atoms with van der Waals surface area (Å²) in [4.78, 5) is 17.0. The molecule has 1 aliphatic heterocycles. The number of phenols is 2. The number of carbonyl (C=O) groups is 1. The Kier molecular flexibility index (Phi) is 4.55. The molecule has 26 heavy (non-hydrogen) atoms. The Labute approximate surface area is 153 Å². The van der Waals surface area contributed by atoms with Crippen molar-refractivity contribution in [3.05, 3.63) is 59.2 Å². The molecule has 2 aromatic carbocycles. The second-order valence-corrected chi connectivity index (χ2v) is 7.18. The normalized spacial score (nSPS) is 18.5. The smallest absolute Gasteiger partial charge is 0.261 e. The number of fused-ring (bicyclic) bond motifs is 1. The van der Waals surface area contributed by atoms with E-state index in [1.165, 1.54) is 29.3 Å². The van der Waals surface area contributed by atoms with Gasteiger partial charge in [0.15, 0.2) is 0 Å². The highest BCUT2D eigenvalue weighted by Gasteiger charge is 2.30. The van der Waals surface area contributed by atoms with Gasteiger partial charge in [-0.3, -0.25) is 9.69 Å². The van der Waals surface area contributed by atoms with Crippen LogP contribution in [0.4, 0.5) is 0 Å². The van der Waals surface area contributed by atoms with E-state index in [1.54, 1.807) is 4.90 Å². The summed E-state index contributed by atoms with van der Waals surface area (Å²) in [5.41, 5.74) is 2.89. The van der Waals surface area contributed by atoms with Gasteiger partial charge in [0.05, 0.1) is 0 Å². The van der Waals surface area contributed by atoms with Gasteiger partial charge >= 0.3 is 0 Å². The maximum Gasteiger partial charge on any atom is 0.261 e. The molecule has 0 spiro atoms. The lowest BCUT2D eigenvalue weighted by atomic mass is 10.1. The molecule has 0 bridgehead atoms. The molecular weight excluding hydrogens is 328 g/mol. The van der Waals surface area contributed by atoms with E-state index < -0.39 is 0 Å². The summed E-state index contributed by atoms with van der Waals surface area (Å²) >= 11 is 0. The molecule has 0 unspecified atom stereocenters. The van der Waals surface area contributed by atoms with Crippen LogP contribution in [0.1, 0.15) is 27.9 Å². The van der Waals surface area contributed by atoms with Crippen LogP contribution >= 0.6 is 0 Å².